The molecule has 0 unspecified atom stereocenters. The Bertz CT molecular complexity index is 770. The summed E-state index contributed by atoms with van der Waals surface area (Å²) in [6.45, 7) is 0. The van der Waals surface area contributed by atoms with Crippen molar-refractivity contribution in [3.8, 4) is 0 Å². The van der Waals surface area contributed by atoms with Crippen molar-refractivity contribution in [2.45, 2.75) is 0 Å². The lowest BCUT2D eigenvalue weighted by atomic mass is 10.1. The lowest BCUT2D eigenvalue weighted by Crippen LogP contribution is -2.42. The molecular weight excluding hydrogens is 310 g/mol. The maximum Gasteiger partial charge on any atom is 0.270 e. The van der Waals surface area contributed by atoms with E-state index < -0.39 is 17.8 Å². The van der Waals surface area contributed by atoms with E-state index in [9.17, 15) is 19.5 Å². The molecule has 0 spiro atoms. The van der Waals surface area contributed by atoms with Crippen LogP contribution in [0.4, 0.5) is 5.69 Å². The molecule has 0 saturated carbocycles. The lowest BCUT2D eigenvalue weighted by Gasteiger charge is -2.13. The molecule has 2 rings (SSSR count). The molecule has 7 nitrogen and oxygen atoms in total. The van der Waals surface area contributed by atoms with Gasteiger partial charge >= 0.3 is 0 Å². The fraction of sp³-hybridized carbons (Fsp3) is 0.118. The van der Waals surface area contributed by atoms with Crippen LogP contribution in [0.3, 0.4) is 0 Å². The van der Waals surface area contributed by atoms with E-state index in [1.807, 2.05) is 19.0 Å². The minimum Gasteiger partial charge on any atom is -0.545 e. The second kappa shape index (κ2) is 7.28. The summed E-state index contributed by atoms with van der Waals surface area (Å²) in [6.07, 6.45) is 0. The zero-order valence-electron chi connectivity index (χ0n) is 13.2. The largest absolute Gasteiger partial charge is 0.545 e. The van der Waals surface area contributed by atoms with Crippen molar-refractivity contribution in [3.05, 3.63) is 65.2 Å². The zero-order chi connectivity index (χ0) is 17.7. The van der Waals surface area contributed by atoms with Gasteiger partial charge in [-0.15, -0.1) is 0 Å². The van der Waals surface area contributed by atoms with Crippen molar-refractivity contribution >= 4 is 23.5 Å². The number of rotatable bonds is 4. The number of carbonyl (C=O) groups is 3. The second-order valence-corrected chi connectivity index (χ2v) is 5.18. The van der Waals surface area contributed by atoms with E-state index in [2.05, 4.69) is 10.9 Å². The summed E-state index contributed by atoms with van der Waals surface area (Å²) in [6, 6.07) is 12.3. The topological polar surface area (TPSA) is 102 Å². The van der Waals surface area contributed by atoms with E-state index in [0.717, 1.165) is 5.69 Å². The summed E-state index contributed by atoms with van der Waals surface area (Å²) in [4.78, 5) is 36.9. The first kappa shape index (κ1) is 17.0. The number of hydrogen-bond donors (Lipinski definition) is 2. The SMILES string of the molecule is CN(C)c1ccc(C(=O)NNC(=O)c2ccccc2C(=O)[O-])cc1. The van der Waals surface area contributed by atoms with Crippen LogP contribution in [-0.2, 0) is 0 Å². The highest BCUT2D eigenvalue weighted by molar-refractivity contribution is 6.05. The fourth-order valence-electron chi connectivity index (χ4n) is 2.02. The number of hydrazine groups is 1. The summed E-state index contributed by atoms with van der Waals surface area (Å²) in [7, 11) is 3.76. The van der Waals surface area contributed by atoms with E-state index in [1.165, 1.54) is 24.3 Å². The lowest BCUT2D eigenvalue weighted by molar-refractivity contribution is -0.255. The predicted molar refractivity (Wildman–Crippen MR) is 86.5 cm³/mol. The number of anilines is 1. The van der Waals surface area contributed by atoms with Crippen molar-refractivity contribution in [2.75, 3.05) is 19.0 Å². The van der Waals surface area contributed by atoms with Crippen LogP contribution in [0.25, 0.3) is 0 Å². The smallest absolute Gasteiger partial charge is 0.270 e. The molecule has 2 N–H and O–H groups in total. The van der Waals surface area contributed by atoms with Gasteiger partial charge in [-0.1, -0.05) is 18.2 Å². The molecule has 0 aliphatic carbocycles. The highest BCUT2D eigenvalue weighted by Crippen LogP contribution is 2.12. The quantitative estimate of drug-likeness (QED) is 0.781. The van der Waals surface area contributed by atoms with Crippen LogP contribution in [-0.4, -0.2) is 31.9 Å². The maximum absolute atomic E-state index is 12.0. The average Bonchev–Trinajstić information content (AvgIpc) is 2.59. The van der Waals surface area contributed by atoms with Crippen molar-refractivity contribution in [2.24, 2.45) is 0 Å². The number of benzene rings is 2. The summed E-state index contributed by atoms with van der Waals surface area (Å²) in [5.74, 6) is -2.72. The molecule has 0 saturated heterocycles. The van der Waals surface area contributed by atoms with Crippen LogP contribution >= 0.6 is 0 Å². The molecule has 0 fully saturated rings. The number of carbonyl (C=O) groups excluding carboxylic acids is 3. The number of carboxylic acids is 1. The molecule has 2 amide bonds. The Morgan fingerprint density at radius 3 is 1.92 bits per heavy atom. The standard InChI is InChI=1S/C17H17N3O4/c1-20(2)12-9-7-11(8-10-12)15(21)18-19-16(22)13-5-3-4-6-14(13)17(23)24/h3-10H,1-2H3,(H,18,21)(H,19,22)(H,23,24)/p-1. The number of aromatic carboxylic acids is 1. The summed E-state index contributed by atoms with van der Waals surface area (Å²) in [5, 5.41) is 11.0. The van der Waals surface area contributed by atoms with Gasteiger partial charge in [0, 0.05) is 30.9 Å². The first-order valence-corrected chi connectivity index (χ1v) is 7.08. The van der Waals surface area contributed by atoms with Crippen LogP contribution in [0, 0.1) is 0 Å². The molecule has 0 aliphatic heterocycles. The van der Waals surface area contributed by atoms with Crippen molar-refractivity contribution in [3.63, 3.8) is 0 Å². The van der Waals surface area contributed by atoms with Crippen molar-refractivity contribution in [1.82, 2.24) is 10.9 Å². The van der Waals surface area contributed by atoms with Crippen LogP contribution in [0.15, 0.2) is 48.5 Å². The van der Waals surface area contributed by atoms with Gasteiger partial charge in [0.15, 0.2) is 0 Å². The molecule has 0 radical (unpaired) electrons. The Labute approximate surface area is 138 Å². The second-order valence-electron chi connectivity index (χ2n) is 5.18. The normalized spacial score (nSPS) is 9.92. The molecule has 24 heavy (non-hydrogen) atoms. The number of amides is 2. The van der Waals surface area contributed by atoms with E-state index in [-0.39, 0.29) is 11.1 Å². The van der Waals surface area contributed by atoms with Gasteiger partial charge in [0.2, 0.25) is 0 Å². The van der Waals surface area contributed by atoms with Crippen LogP contribution in [0.1, 0.15) is 31.1 Å². The van der Waals surface area contributed by atoms with Gasteiger partial charge < -0.3 is 14.8 Å². The molecule has 2 aromatic rings. The molecule has 2 aromatic carbocycles. The zero-order valence-corrected chi connectivity index (χ0v) is 13.2. The minimum absolute atomic E-state index is 0.0965. The van der Waals surface area contributed by atoms with Crippen LogP contribution in [0.2, 0.25) is 0 Å². The van der Waals surface area contributed by atoms with E-state index >= 15 is 0 Å². The number of hydrogen-bond acceptors (Lipinski definition) is 5. The third-order valence-corrected chi connectivity index (χ3v) is 3.33. The summed E-state index contributed by atoms with van der Waals surface area (Å²) < 4.78 is 0. The van der Waals surface area contributed by atoms with E-state index in [4.69, 9.17) is 0 Å². The van der Waals surface area contributed by atoms with Gasteiger partial charge in [-0.05, 0) is 30.3 Å². The highest BCUT2D eigenvalue weighted by Gasteiger charge is 2.13. The Morgan fingerprint density at radius 2 is 1.38 bits per heavy atom. The summed E-state index contributed by atoms with van der Waals surface area (Å²) in [5.41, 5.74) is 5.37. The van der Waals surface area contributed by atoms with E-state index in [0.29, 0.717) is 5.56 Å². The predicted octanol–water partition coefficient (Wildman–Crippen LogP) is 0.191. The van der Waals surface area contributed by atoms with Gasteiger partial charge in [0.1, 0.15) is 0 Å². The Hall–Kier alpha value is -3.35. The van der Waals surface area contributed by atoms with E-state index in [1.54, 1.807) is 24.3 Å². The Morgan fingerprint density at radius 1 is 0.833 bits per heavy atom. The monoisotopic (exact) mass is 326 g/mol. The first-order chi connectivity index (χ1) is 11.4. The maximum atomic E-state index is 12.0. The van der Waals surface area contributed by atoms with Gasteiger partial charge in [-0.3, -0.25) is 20.4 Å². The van der Waals surface area contributed by atoms with Crippen molar-refractivity contribution < 1.29 is 19.5 Å². The molecule has 0 aliphatic rings. The fourth-order valence-corrected chi connectivity index (χ4v) is 2.02. The van der Waals surface area contributed by atoms with Gasteiger partial charge in [0.25, 0.3) is 11.8 Å². The number of nitrogens with one attached hydrogen (secondary N) is 2. The Balaban J connectivity index is 2.04. The average molecular weight is 326 g/mol. The molecule has 0 aromatic heterocycles. The van der Waals surface area contributed by atoms with Crippen molar-refractivity contribution in [1.29, 1.82) is 0 Å². The Kier molecular flexibility index (Phi) is 5.16. The molecule has 0 bridgehead atoms. The minimum atomic E-state index is -1.47. The van der Waals surface area contributed by atoms with Crippen LogP contribution < -0.4 is 20.9 Å². The van der Waals surface area contributed by atoms with Gasteiger partial charge in [0.05, 0.1) is 11.5 Å². The molecule has 7 heteroatoms. The third kappa shape index (κ3) is 3.89. The molecule has 124 valence electrons. The number of nitrogens with zero attached hydrogens (tertiary/aromatic N) is 1. The number of carboxylic acid groups (broad SMARTS) is 1. The molecule has 0 atom stereocenters. The molecule has 0 heterocycles. The van der Waals surface area contributed by atoms with Gasteiger partial charge in [-0.2, -0.15) is 0 Å². The molecular formula is C17H16N3O4-. The van der Waals surface area contributed by atoms with Gasteiger partial charge in [-0.25, -0.2) is 0 Å². The summed E-state index contributed by atoms with van der Waals surface area (Å²) >= 11 is 0. The third-order valence-electron chi connectivity index (χ3n) is 3.33. The first-order valence-electron chi connectivity index (χ1n) is 7.08. The van der Waals surface area contributed by atoms with Crippen LogP contribution in [0.5, 0.6) is 0 Å². The highest BCUT2D eigenvalue weighted by atomic mass is 16.4.